The van der Waals surface area contributed by atoms with Gasteiger partial charge in [-0.15, -0.1) is 0 Å². The van der Waals surface area contributed by atoms with Crippen LogP contribution < -0.4 is 16.4 Å². The average Bonchev–Trinajstić information content (AvgIpc) is 2.73. The van der Waals surface area contributed by atoms with Gasteiger partial charge in [-0.25, -0.2) is 4.79 Å². The lowest BCUT2D eigenvalue weighted by Crippen LogP contribution is -2.42. The number of primary amides is 1. The molecule has 112 valence electrons. The molecule has 1 fully saturated rings. The first-order valence-electron chi connectivity index (χ1n) is 6.61. The Morgan fingerprint density at radius 3 is 2.67 bits per heavy atom. The van der Waals surface area contributed by atoms with Gasteiger partial charge in [0.2, 0.25) is 11.8 Å². The van der Waals surface area contributed by atoms with E-state index in [0.717, 1.165) is 5.56 Å². The van der Waals surface area contributed by atoms with E-state index in [1.54, 1.807) is 31.0 Å². The van der Waals surface area contributed by atoms with Crippen LogP contribution in [0.25, 0.3) is 0 Å². The molecule has 0 bridgehead atoms. The molecule has 0 aliphatic carbocycles. The number of urea groups is 1. The van der Waals surface area contributed by atoms with Crippen LogP contribution in [-0.4, -0.2) is 42.4 Å². The second-order valence-corrected chi connectivity index (χ2v) is 5.09. The van der Waals surface area contributed by atoms with Gasteiger partial charge >= 0.3 is 6.03 Å². The SMILES string of the molecule is Cc1ccc(C(N)=O)cc1NC(=O)N[C@@H]1CCN(C)C1=O. The van der Waals surface area contributed by atoms with Gasteiger partial charge in [0.25, 0.3) is 0 Å². The van der Waals surface area contributed by atoms with Crippen molar-refractivity contribution in [3.8, 4) is 0 Å². The predicted molar refractivity (Wildman–Crippen MR) is 77.9 cm³/mol. The summed E-state index contributed by atoms with van der Waals surface area (Å²) >= 11 is 0. The van der Waals surface area contributed by atoms with Crippen molar-refractivity contribution >= 4 is 23.5 Å². The number of nitrogens with two attached hydrogens (primary N) is 1. The van der Waals surface area contributed by atoms with Crippen molar-refractivity contribution < 1.29 is 14.4 Å². The molecule has 1 aliphatic rings. The van der Waals surface area contributed by atoms with Crippen molar-refractivity contribution in [1.82, 2.24) is 10.2 Å². The molecule has 21 heavy (non-hydrogen) atoms. The summed E-state index contributed by atoms with van der Waals surface area (Å²) < 4.78 is 0. The number of nitrogens with one attached hydrogen (secondary N) is 2. The molecule has 1 aliphatic heterocycles. The smallest absolute Gasteiger partial charge is 0.319 e. The Balaban J connectivity index is 2.04. The van der Waals surface area contributed by atoms with Crippen LogP contribution in [-0.2, 0) is 4.79 Å². The molecule has 0 saturated carbocycles. The lowest BCUT2D eigenvalue weighted by atomic mass is 10.1. The predicted octanol–water partition coefficient (Wildman–Crippen LogP) is 0.446. The van der Waals surface area contributed by atoms with E-state index in [-0.39, 0.29) is 5.91 Å². The molecule has 4 N–H and O–H groups in total. The molecule has 7 nitrogen and oxygen atoms in total. The second kappa shape index (κ2) is 5.82. The minimum absolute atomic E-state index is 0.104. The highest BCUT2D eigenvalue weighted by Crippen LogP contribution is 2.17. The number of rotatable bonds is 3. The van der Waals surface area contributed by atoms with Gasteiger partial charge in [-0.1, -0.05) is 6.07 Å². The normalized spacial score (nSPS) is 17.7. The number of benzene rings is 1. The second-order valence-electron chi connectivity index (χ2n) is 5.09. The molecule has 2 rings (SSSR count). The molecule has 0 unspecified atom stereocenters. The largest absolute Gasteiger partial charge is 0.366 e. The van der Waals surface area contributed by atoms with Crippen LogP contribution in [0.2, 0.25) is 0 Å². The minimum atomic E-state index is -0.564. The maximum atomic E-state index is 11.9. The molecule has 1 aromatic carbocycles. The number of carbonyl (C=O) groups is 3. The van der Waals surface area contributed by atoms with Gasteiger partial charge in [-0.3, -0.25) is 9.59 Å². The monoisotopic (exact) mass is 290 g/mol. The van der Waals surface area contributed by atoms with Crippen LogP contribution in [0.15, 0.2) is 18.2 Å². The van der Waals surface area contributed by atoms with E-state index in [4.69, 9.17) is 5.73 Å². The standard InChI is InChI=1S/C14H18N4O3/c1-8-3-4-9(12(15)19)7-11(8)17-14(21)16-10-5-6-18(2)13(10)20/h3-4,7,10H,5-6H2,1-2H3,(H2,15,19)(H2,16,17,21)/t10-/m1/s1. The summed E-state index contributed by atoms with van der Waals surface area (Å²) in [7, 11) is 1.70. The summed E-state index contributed by atoms with van der Waals surface area (Å²) in [6.07, 6.45) is 0.586. The van der Waals surface area contributed by atoms with Crippen molar-refractivity contribution in [2.45, 2.75) is 19.4 Å². The van der Waals surface area contributed by atoms with Crippen LogP contribution in [0.4, 0.5) is 10.5 Å². The zero-order valence-corrected chi connectivity index (χ0v) is 12.0. The molecule has 1 atom stereocenters. The molecule has 0 aromatic heterocycles. The quantitative estimate of drug-likeness (QED) is 0.752. The highest BCUT2D eigenvalue weighted by atomic mass is 16.2. The summed E-state index contributed by atoms with van der Waals surface area (Å²) in [5, 5.41) is 5.27. The van der Waals surface area contributed by atoms with Crippen LogP contribution >= 0.6 is 0 Å². The lowest BCUT2D eigenvalue weighted by Gasteiger charge is -2.14. The van der Waals surface area contributed by atoms with E-state index < -0.39 is 18.0 Å². The maximum Gasteiger partial charge on any atom is 0.319 e. The Hall–Kier alpha value is -2.57. The van der Waals surface area contributed by atoms with Crippen molar-refractivity contribution in [2.75, 3.05) is 18.9 Å². The Labute approximate surface area is 122 Å². The Kier molecular flexibility index (Phi) is 4.11. The zero-order chi connectivity index (χ0) is 15.6. The van der Waals surface area contributed by atoms with Gasteiger partial charge < -0.3 is 21.3 Å². The molecule has 7 heteroatoms. The lowest BCUT2D eigenvalue weighted by molar-refractivity contribution is -0.128. The third-order valence-electron chi connectivity index (χ3n) is 3.50. The minimum Gasteiger partial charge on any atom is -0.366 e. The Morgan fingerprint density at radius 2 is 2.10 bits per heavy atom. The third-order valence-corrected chi connectivity index (χ3v) is 3.50. The number of likely N-dealkylation sites (N-methyl/N-ethyl adjacent to an activating group) is 1. The number of anilines is 1. The number of hydrogen-bond acceptors (Lipinski definition) is 3. The van der Waals surface area contributed by atoms with Gasteiger partial charge in [-0.05, 0) is 31.0 Å². The topological polar surface area (TPSA) is 105 Å². The zero-order valence-electron chi connectivity index (χ0n) is 12.0. The van der Waals surface area contributed by atoms with Crippen molar-refractivity contribution in [3.05, 3.63) is 29.3 Å². The van der Waals surface area contributed by atoms with Crippen LogP contribution in [0.1, 0.15) is 22.3 Å². The first kappa shape index (κ1) is 14.8. The fourth-order valence-corrected chi connectivity index (χ4v) is 2.18. The highest BCUT2D eigenvalue weighted by Gasteiger charge is 2.30. The number of nitrogens with zero attached hydrogens (tertiary/aromatic N) is 1. The van der Waals surface area contributed by atoms with Crippen LogP contribution in [0.5, 0.6) is 0 Å². The van der Waals surface area contributed by atoms with Gasteiger partial charge in [0, 0.05) is 24.8 Å². The molecule has 0 spiro atoms. The van der Waals surface area contributed by atoms with Crippen LogP contribution in [0.3, 0.4) is 0 Å². The molecule has 1 saturated heterocycles. The number of aryl methyl sites for hydroxylation is 1. The first-order valence-corrected chi connectivity index (χ1v) is 6.61. The molecule has 4 amide bonds. The van der Waals surface area contributed by atoms with Gasteiger partial charge in [0.05, 0.1) is 0 Å². The summed E-state index contributed by atoms with van der Waals surface area (Å²) in [5.41, 5.74) is 6.81. The maximum absolute atomic E-state index is 11.9. The summed E-state index contributed by atoms with van der Waals surface area (Å²) in [6.45, 7) is 2.43. The molecular weight excluding hydrogens is 272 g/mol. The van der Waals surface area contributed by atoms with E-state index in [0.29, 0.717) is 24.2 Å². The molecular formula is C14H18N4O3. The fourth-order valence-electron chi connectivity index (χ4n) is 2.18. The summed E-state index contributed by atoms with van der Waals surface area (Å²) in [5.74, 6) is -0.668. The molecule has 1 aromatic rings. The first-order chi connectivity index (χ1) is 9.88. The van der Waals surface area contributed by atoms with Gasteiger partial charge in [0.1, 0.15) is 6.04 Å². The molecule has 1 heterocycles. The molecule has 0 radical (unpaired) electrons. The third kappa shape index (κ3) is 3.31. The summed E-state index contributed by atoms with van der Waals surface area (Å²) in [4.78, 5) is 36.4. The number of carbonyl (C=O) groups excluding carboxylic acids is 3. The van der Waals surface area contributed by atoms with Gasteiger partial charge in [0.15, 0.2) is 0 Å². The highest BCUT2D eigenvalue weighted by molar-refractivity contribution is 5.98. The van der Waals surface area contributed by atoms with E-state index >= 15 is 0 Å². The van der Waals surface area contributed by atoms with Gasteiger partial charge in [-0.2, -0.15) is 0 Å². The van der Waals surface area contributed by atoms with Crippen molar-refractivity contribution in [1.29, 1.82) is 0 Å². The Morgan fingerprint density at radius 1 is 1.38 bits per heavy atom. The number of hydrogen-bond donors (Lipinski definition) is 3. The fraction of sp³-hybridized carbons (Fsp3) is 0.357. The van der Waals surface area contributed by atoms with E-state index in [1.165, 1.54) is 6.07 Å². The van der Waals surface area contributed by atoms with E-state index in [2.05, 4.69) is 10.6 Å². The van der Waals surface area contributed by atoms with E-state index in [1.807, 2.05) is 0 Å². The van der Waals surface area contributed by atoms with E-state index in [9.17, 15) is 14.4 Å². The average molecular weight is 290 g/mol. The van der Waals surface area contributed by atoms with Crippen LogP contribution in [0, 0.1) is 6.92 Å². The Bertz CT molecular complexity index is 600. The summed E-state index contributed by atoms with van der Waals surface area (Å²) in [6, 6.07) is 3.82. The van der Waals surface area contributed by atoms with Crippen molar-refractivity contribution in [2.24, 2.45) is 5.73 Å². The number of likely N-dealkylation sites (tertiary alicyclic amines) is 1. The van der Waals surface area contributed by atoms with Crippen molar-refractivity contribution in [3.63, 3.8) is 0 Å². The number of amides is 4.